The maximum absolute atomic E-state index is 13.3. The van der Waals surface area contributed by atoms with Gasteiger partial charge in [0.1, 0.15) is 0 Å². The van der Waals surface area contributed by atoms with E-state index in [0.717, 1.165) is 0 Å². The van der Waals surface area contributed by atoms with Crippen molar-refractivity contribution in [3.63, 3.8) is 0 Å². The van der Waals surface area contributed by atoms with Crippen molar-refractivity contribution in [3.8, 4) is 0 Å². The Bertz CT molecular complexity index is 348. The molecule has 0 radical (unpaired) electrons. The molecule has 0 bridgehead atoms. The third kappa shape index (κ3) is 2.49. The summed E-state index contributed by atoms with van der Waals surface area (Å²) < 4.78 is 18.6. The minimum Gasteiger partial charge on any atom is -0.381 e. The van der Waals surface area contributed by atoms with Crippen LogP contribution in [0, 0.1) is 22.0 Å². The van der Waals surface area contributed by atoms with E-state index in [4.69, 9.17) is 4.74 Å². The Labute approximate surface area is 98.6 Å². The van der Waals surface area contributed by atoms with Gasteiger partial charge in [-0.3, -0.25) is 10.1 Å². The van der Waals surface area contributed by atoms with Crippen molar-refractivity contribution in [3.05, 3.63) is 21.9 Å². The number of hydrogen-bond acceptors (Lipinski definition) is 5. The van der Waals surface area contributed by atoms with Crippen molar-refractivity contribution in [1.82, 2.24) is 10.2 Å². The van der Waals surface area contributed by atoms with Crippen molar-refractivity contribution >= 4 is 0 Å². The molecule has 17 heavy (non-hydrogen) atoms. The van der Waals surface area contributed by atoms with Crippen LogP contribution in [0.25, 0.3) is 0 Å². The molecule has 96 valence electrons. The summed E-state index contributed by atoms with van der Waals surface area (Å²) in [5.41, 5.74) is 0. The van der Waals surface area contributed by atoms with Gasteiger partial charge in [0.15, 0.2) is 0 Å². The molecule has 0 aromatic heterocycles. The number of hydrogen-bond donors (Lipinski definition) is 1. The fourth-order valence-corrected chi connectivity index (χ4v) is 2.23. The molecule has 2 fully saturated rings. The molecule has 2 unspecified atom stereocenters. The largest absolute Gasteiger partial charge is 0.460 e. The first-order valence-corrected chi connectivity index (χ1v) is 5.70. The molecule has 6 nitrogen and oxygen atoms in total. The predicted octanol–water partition coefficient (Wildman–Crippen LogP) is 0.547. The van der Waals surface area contributed by atoms with Gasteiger partial charge in [-0.05, 0) is 5.92 Å². The Morgan fingerprint density at radius 1 is 1.71 bits per heavy atom. The van der Waals surface area contributed by atoms with Gasteiger partial charge >= 0.3 is 5.95 Å². The lowest BCUT2D eigenvalue weighted by atomic mass is 9.98. The highest BCUT2D eigenvalue weighted by atomic mass is 19.1. The number of nitro groups is 1. The monoisotopic (exact) mass is 245 g/mol. The maximum Gasteiger partial charge on any atom is 0.460 e. The first-order chi connectivity index (χ1) is 8.09. The summed E-state index contributed by atoms with van der Waals surface area (Å²) in [6.45, 7) is 5.17. The lowest BCUT2D eigenvalue weighted by molar-refractivity contribution is -0.449. The smallest absolute Gasteiger partial charge is 0.381 e. The number of nitrogens with one attached hydrogen (secondary N) is 1. The van der Waals surface area contributed by atoms with E-state index in [1.54, 1.807) is 4.90 Å². The Morgan fingerprint density at radius 3 is 3.06 bits per heavy atom. The predicted molar refractivity (Wildman–Crippen MR) is 58.2 cm³/mol. The van der Waals surface area contributed by atoms with E-state index in [0.29, 0.717) is 44.7 Å². The van der Waals surface area contributed by atoms with Gasteiger partial charge in [0.2, 0.25) is 5.82 Å². The van der Waals surface area contributed by atoms with Crippen molar-refractivity contribution in [2.75, 3.05) is 32.8 Å². The van der Waals surface area contributed by atoms with Crippen LogP contribution < -0.4 is 5.32 Å². The van der Waals surface area contributed by atoms with Crippen LogP contribution in [0.1, 0.15) is 6.92 Å². The molecule has 0 aromatic rings. The molecule has 2 saturated heterocycles. The molecule has 2 aliphatic rings. The van der Waals surface area contributed by atoms with Crippen LogP contribution in [0.4, 0.5) is 4.39 Å². The molecule has 0 saturated carbocycles. The normalized spacial score (nSPS) is 31.5. The fourth-order valence-electron chi connectivity index (χ4n) is 2.23. The van der Waals surface area contributed by atoms with E-state index in [2.05, 4.69) is 12.2 Å². The number of ether oxygens (including phenoxy) is 1. The van der Waals surface area contributed by atoms with Crippen molar-refractivity contribution < 1.29 is 14.1 Å². The quantitative estimate of drug-likeness (QED) is 0.446. The Balaban J connectivity index is 2.05. The Kier molecular flexibility index (Phi) is 3.46. The standard InChI is InChI=1S/C10H16FN3O3/c1-7-5-17-6-8(7)4-13-3-2-12-10(13)9(11)14(15)16/h7-8,12H,2-6H2,1H3. The van der Waals surface area contributed by atoms with E-state index in [9.17, 15) is 14.5 Å². The average Bonchev–Trinajstić information content (AvgIpc) is 2.88. The van der Waals surface area contributed by atoms with Crippen molar-refractivity contribution in [1.29, 1.82) is 0 Å². The molecule has 2 heterocycles. The van der Waals surface area contributed by atoms with E-state index in [1.807, 2.05) is 0 Å². The number of rotatable bonds is 3. The fraction of sp³-hybridized carbons (Fsp3) is 0.800. The summed E-state index contributed by atoms with van der Waals surface area (Å²) in [5, 5.41) is 13.1. The third-order valence-corrected chi connectivity index (χ3v) is 3.32. The summed E-state index contributed by atoms with van der Waals surface area (Å²) in [7, 11) is 0. The first kappa shape index (κ1) is 12.1. The van der Waals surface area contributed by atoms with Crippen molar-refractivity contribution in [2.45, 2.75) is 6.92 Å². The maximum atomic E-state index is 13.3. The molecule has 2 aliphatic heterocycles. The minimum atomic E-state index is -1.30. The van der Waals surface area contributed by atoms with Gasteiger partial charge in [-0.25, -0.2) is 0 Å². The second-order valence-corrected chi connectivity index (χ2v) is 4.54. The van der Waals surface area contributed by atoms with Gasteiger partial charge in [-0.1, -0.05) is 6.92 Å². The lowest BCUT2D eigenvalue weighted by Crippen LogP contribution is -2.31. The topological polar surface area (TPSA) is 67.6 Å². The molecule has 0 aromatic carbocycles. The summed E-state index contributed by atoms with van der Waals surface area (Å²) >= 11 is 0. The summed E-state index contributed by atoms with van der Waals surface area (Å²) in [4.78, 5) is 11.1. The molecule has 2 rings (SSSR count). The summed E-state index contributed by atoms with van der Waals surface area (Å²) in [6, 6.07) is 0. The summed E-state index contributed by atoms with van der Waals surface area (Å²) in [6.07, 6.45) is 0. The second kappa shape index (κ2) is 4.87. The first-order valence-electron chi connectivity index (χ1n) is 5.70. The van der Waals surface area contributed by atoms with E-state index >= 15 is 0 Å². The van der Waals surface area contributed by atoms with Crippen LogP contribution in [0.15, 0.2) is 11.8 Å². The zero-order valence-corrected chi connectivity index (χ0v) is 9.69. The molecule has 0 spiro atoms. The van der Waals surface area contributed by atoms with Gasteiger partial charge in [-0.15, -0.1) is 4.39 Å². The van der Waals surface area contributed by atoms with Crippen LogP contribution in [0.2, 0.25) is 0 Å². The molecular weight excluding hydrogens is 229 g/mol. The lowest BCUT2D eigenvalue weighted by Gasteiger charge is -2.22. The van der Waals surface area contributed by atoms with Gasteiger partial charge in [0, 0.05) is 32.2 Å². The molecule has 7 heteroatoms. The average molecular weight is 245 g/mol. The van der Waals surface area contributed by atoms with E-state index < -0.39 is 10.9 Å². The molecule has 0 amide bonds. The highest BCUT2D eigenvalue weighted by Crippen LogP contribution is 2.24. The van der Waals surface area contributed by atoms with Crippen molar-refractivity contribution in [2.24, 2.45) is 11.8 Å². The molecule has 2 atom stereocenters. The highest BCUT2D eigenvalue weighted by molar-refractivity contribution is 5.05. The zero-order chi connectivity index (χ0) is 12.4. The van der Waals surface area contributed by atoms with Gasteiger partial charge < -0.3 is 15.0 Å². The Hall–Kier alpha value is -1.37. The Morgan fingerprint density at radius 2 is 2.47 bits per heavy atom. The van der Waals surface area contributed by atoms with Gasteiger partial charge in [0.25, 0.3) is 0 Å². The van der Waals surface area contributed by atoms with E-state index in [-0.39, 0.29) is 5.82 Å². The second-order valence-electron chi connectivity index (χ2n) is 4.54. The number of halogens is 1. The van der Waals surface area contributed by atoms with Gasteiger partial charge in [0.05, 0.1) is 11.5 Å². The molecule has 0 aliphatic carbocycles. The van der Waals surface area contributed by atoms with Crippen LogP contribution in [0.3, 0.4) is 0 Å². The molecular formula is C10H16FN3O3. The van der Waals surface area contributed by atoms with Crippen LogP contribution in [-0.2, 0) is 4.74 Å². The van der Waals surface area contributed by atoms with Crippen LogP contribution in [0.5, 0.6) is 0 Å². The minimum absolute atomic E-state index is 0.00843. The zero-order valence-electron chi connectivity index (χ0n) is 9.69. The van der Waals surface area contributed by atoms with Crippen LogP contribution >= 0.6 is 0 Å². The van der Waals surface area contributed by atoms with Crippen LogP contribution in [-0.4, -0.2) is 42.7 Å². The van der Waals surface area contributed by atoms with E-state index in [1.165, 1.54) is 0 Å². The molecule has 1 N–H and O–H groups in total. The number of nitrogens with zero attached hydrogens (tertiary/aromatic N) is 2. The van der Waals surface area contributed by atoms with Gasteiger partial charge in [-0.2, -0.15) is 0 Å². The SMILES string of the molecule is CC1COCC1CN1CCNC1=C(F)[N+](=O)[O-]. The third-order valence-electron chi connectivity index (χ3n) is 3.32. The summed E-state index contributed by atoms with van der Waals surface area (Å²) in [5.74, 6) is -0.567. The highest BCUT2D eigenvalue weighted by Gasteiger charge is 2.33.